The molecule has 7 heteroatoms. The van der Waals surface area contributed by atoms with E-state index in [0.29, 0.717) is 11.5 Å². The number of aromatic hydroxyl groups is 1. The van der Waals surface area contributed by atoms with Gasteiger partial charge in [-0.15, -0.1) is 0 Å². The minimum absolute atomic E-state index is 0.00151. The number of nitro benzene ring substituents is 1. The van der Waals surface area contributed by atoms with Crippen LogP contribution in [0.5, 0.6) is 17.2 Å². The zero-order valence-electron chi connectivity index (χ0n) is 28.5. The Kier molecular flexibility index (Phi) is 9.41. The van der Waals surface area contributed by atoms with Crippen LogP contribution in [0.2, 0.25) is 0 Å². The van der Waals surface area contributed by atoms with Crippen LogP contribution in [0.15, 0.2) is 36.4 Å². The highest BCUT2D eigenvalue weighted by Gasteiger charge is 2.34. The molecule has 0 aliphatic heterocycles. The lowest BCUT2D eigenvalue weighted by molar-refractivity contribution is -0.384. The Morgan fingerprint density at radius 2 is 1.07 bits per heavy atom. The number of benzene rings is 3. The van der Waals surface area contributed by atoms with E-state index in [4.69, 9.17) is 9.05 Å². The van der Waals surface area contributed by atoms with E-state index in [1.807, 2.05) is 0 Å². The van der Waals surface area contributed by atoms with Crippen molar-refractivity contribution in [1.82, 2.24) is 0 Å². The van der Waals surface area contributed by atoms with Gasteiger partial charge in [-0.1, -0.05) is 95.2 Å². The maximum Gasteiger partial charge on any atom is 0.275 e. The van der Waals surface area contributed by atoms with E-state index in [2.05, 4.69) is 109 Å². The molecule has 3 rings (SSSR count). The van der Waals surface area contributed by atoms with Crippen molar-refractivity contribution in [2.24, 2.45) is 0 Å². The first-order valence-corrected chi connectivity index (χ1v) is 15.7. The van der Waals surface area contributed by atoms with Crippen molar-refractivity contribution in [3.05, 3.63) is 79.9 Å². The Morgan fingerprint density at radius 1 is 0.651 bits per heavy atom. The van der Waals surface area contributed by atoms with E-state index in [9.17, 15) is 15.2 Å². The predicted molar refractivity (Wildman–Crippen MR) is 180 cm³/mol. The number of nitrogens with zero attached hydrogens (tertiary/aromatic N) is 1. The lowest BCUT2D eigenvalue weighted by Crippen LogP contribution is -2.21. The molecule has 0 heterocycles. The zero-order valence-corrected chi connectivity index (χ0v) is 29.5. The molecule has 1 N–H and O–H groups in total. The second-order valence-electron chi connectivity index (χ2n) is 15.7. The SMILES string of the molecule is Cc1c(C(C)(C)C)cc(C(C)(C)C)c(O)c1-c1c(C)c(C(C)(C)C)cc(C(C)(C)C)c1OPOc1ccc([N+](=O)[O-])cc1. The molecule has 0 saturated heterocycles. The normalized spacial score (nSPS) is 13.1. The fourth-order valence-electron chi connectivity index (χ4n) is 5.67. The van der Waals surface area contributed by atoms with Crippen LogP contribution in [0.3, 0.4) is 0 Å². The Bertz CT molecular complexity index is 1470. The summed E-state index contributed by atoms with van der Waals surface area (Å²) in [6.45, 7) is 30.4. The monoisotopic (exact) mass is 607 g/mol. The summed E-state index contributed by atoms with van der Waals surface area (Å²) in [6.07, 6.45) is 0. The van der Waals surface area contributed by atoms with Crippen molar-refractivity contribution >= 4 is 14.7 Å². The van der Waals surface area contributed by atoms with Crippen molar-refractivity contribution < 1.29 is 19.1 Å². The molecule has 0 aliphatic rings. The first-order valence-electron chi connectivity index (χ1n) is 14.9. The summed E-state index contributed by atoms with van der Waals surface area (Å²) >= 11 is 0. The van der Waals surface area contributed by atoms with Gasteiger partial charge in [0.2, 0.25) is 0 Å². The van der Waals surface area contributed by atoms with Crippen molar-refractivity contribution in [2.75, 3.05) is 0 Å². The van der Waals surface area contributed by atoms with Crippen LogP contribution in [-0.2, 0) is 21.7 Å². The molecular formula is C36H50NO5P. The van der Waals surface area contributed by atoms with Gasteiger partial charge < -0.3 is 14.2 Å². The number of hydrogen-bond donors (Lipinski definition) is 1. The number of rotatable bonds is 6. The highest BCUT2D eigenvalue weighted by atomic mass is 31.1. The quantitative estimate of drug-likeness (QED) is 0.171. The van der Waals surface area contributed by atoms with Crippen LogP contribution < -0.4 is 9.05 Å². The van der Waals surface area contributed by atoms with E-state index in [1.54, 1.807) is 12.1 Å². The summed E-state index contributed by atoms with van der Waals surface area (Å²) < 4.78 is 12.6. The van der Waals surface area contributed by atoms with Gasteiger partial charge in [-0.2, -0.15) is 0 Å². The first-order chi connectivity index (χ1) is 19.5. The second-order valence-corrected chi connectivity index (χ2v) is 16.2. The average Bonchev–Trinajstić information content (AvgIpc) is 2.82. The van der Waals surface area contributed by atoms with Crippen LogP contribution in [0, 0.1) is 24.0 Å². The van der Waals surface area contributed by atoms with E-state index >= 15 is 0 Å². The van der Waals surface area contributed by atoms with Crippen molar-refractivity contribution in [1.29, 1.82) is 0 Å². The van der Waals surface area contributed by atoms with Crippen molar-refractivity contribution in [2.45, 2.75) is 119 Å². The van der Waals surface area contributed by atoms with E-state index in [0.717, 1.165) is 33.4 Å². The summed E-state index contributed by atoms with van der Waals surface area (Å²) in [5, 5.41) is 23.2. The summed E-state index contributed by atoms with van der Waals surface area (Å²) in [4.78, 5) is 10.7. The smallest absolute Gasteiger partial charge is 0.275 e. The summed E-state index contributed by atoms with van der Waals surface area (Å²) in [5.74, 6) is 1.44. The predicted octanol–water partition coefficient (Wildman–Crippen LogP) is 10.7. The van der Waals surface area contributed by atoms with Gasteiger partial charge in [0.25, 0.3) is 14.7 Å². The zero-order chi connectivity index (χ0) is 32.9. The Labute approximate surface area is 260 Å². The Hall–Kier alpha value is -3.11. The van der Waals surface area contributed by atoms with E-state index < -0.39 is 14.0 Å². The highest BCUT2D eigenvalue weighted by molar-refractivity contribution is 7.27. The van der Waals surface area contributed by atoms with Crippen molar-refractivity contribution in [3.8, 4) is 28.4 Å². The molecule has 0 aromatic heterocycles. The van der Waals surface area contributed by atoms with E-state index in [-0.39, 0.29) is 33.1 Å². The van der Waals surface area contributed by atoms with Crippen LogP contribution in [0.4, 0.5) is 5.69 Å². The maximum atomic E-state index is 12.1. The minimum Gasteiger partial charge on any atom is -0.507 e. The largest absolute Gasteiger partial charge is 0.507 e. The molecule has 3 aromatic carbocycles. The standard InChI is InChI=1S/C36H50NO5P/c1-21-25(33(3,4)5)19-27(35(9,10)11)31(38)29(21)30-22(2)26(34(6,7)8)20-28(36(12,13)14)32(30)42-43-41-24-17-15-23(16-18-24)37(39)40/h15-20,38,43H,1-14H3. The molecule has 234 valence electrons. The Balaban J connectivity index is 2.40. The molecule has 0 radical (unpaired) electrons. The summed E-state index contributed by atoms with van der Waals surface area (Å²) in [6, 6.07) is 10.4. The lowest BCUT2D eigenvalue weighted by Gasteiger charge is -2.34. The van der Waals surface area contributed by atoms with Gasteiger partial charge in [-0.05, 0) is 69.9 Å². The number of nitro groups is 1. The topological polar surface area (TPSA) is 81.8 Å². The molecular weight excluding hydrogens is 557 g/mol. The fraction of sp³-hybridized carbons (Fsp3) is 0.500. The lowest BCUT2D eigenvalue weighted by atomic mass is 9.72. The minimum atomic E-state index is -0.434. The number of non-ortho nitro benzene ring substituents is 1. The third-order valence-electron chi connectivity index (χ3n) is 7.93. The van der Waals surface area contributed by atoms with Gasteiger partial charge in [0.05, 0.1) is 4.92 Å². The molecule has 0 spiro atoms. The van der Waals surface area contributed by atoms with Crippen LogP contribution >= 0.6 is 9.03 Å². The number of phenolic OH excluding ortho intramolecular Hbond substituents is 1. The average molecular weight is 608 g/mol. The molecule has 0 fully saturated rings. The molecule has 0 aliphatic carbocycles. The van der Waals surface area contributed by atoms with Crippen LogP contribution in [0.1, 0.15) is 116 Å². The third kappa shape index (κ3) is 7.34. The maximum absolute atomic E-state index is 12.1. The molecule has 43 heavy (non-hydrogen) atoms. The van der Waals surface area contributed by atoms with Crippen LogP contribution in [0.25, 0.3) is 11.1 Å². The molecule has 0 amide bonds. The molecule has 0 bridgehead atoms. The summed E-state index contributed by atoms with van der Waals surface area (Å²) in [7, 11) is -0.410. The number of hydrogen-bond acceptors (Lipinski definition) is 5. The van der Waals surface area contributed by atoms with Crippen LogP contribution in [-0.4, -0.2) is 10.0 Å². The van der Waals surface area contributed by atoms with Gasteiger partial charge in [0, 0.05) is 34.4 Å². The molecule has 0 saturated carbocycles. The second kappa shape index (κ2) is 11.8. The van der Waals surface area contributed by atoms with Gasteiger partial charge in [-0.25, -0.2) is 0 Å². The molecule has 3 aromatic rings. The molecule has 1 unspecified atom stereocenters. The van der Waals surface area contributed by atoms with Gasteiger partial charge in [0.1, 0.15) is 17.2 Å². The highest BCUT2D eigenvalue weighted by Crippen LogP contribution is 2.53. The van der Waals surface area contributed by atoms with Gasteiger partial charge >= 0.3 is 0 Å². The molecule has 1 atom stereocenters. The van der Waals surface area contributed by atoms with Gasteiger partial charge in [-0.3, -0.25) is 10.1 Å². The first kappa shape index (κ1) is 34.4. The molecule has 6 nitrogen and oxygen atoms in total. The number of phenols is 1. The third-order valence-corrected chi connectivity index (χ3v) is 8.54. The van der Waals surface area contributed by atoms with Crippen molar-refractivity contribution in [3.63, 3.8) is 0 Å². The van der Waals surface area contributed by atoms with Gasteiger partial charge in [0.15, 0.2) is 0 Å². The fourth-order valence-corrected chi connectivity index (χ4v) is 6.24. The summed E-state index contributed by atoms with van der Waals surface area (Å²) in [5.41, 5.74) is 7.15. The van der Waals surface area contributed by atoms with E-state index in [1.165, 1.54) is 23.3 Å². The Morgan fingerprint density at radius 3 is 1.49 bits per heavy atom.